The lowest BCUT2D eigenvalue weighted by Crippen LogP contribution is -2.06. The van der Waals surface area contributed by atoms with Crippen LogP contribution >= 0.6 is 0 Å². The summed E-state index contributed by atoms with van der Waals surface area (Å²) in [4.78, 5) is 37.4. The Labute approximate surface area is 501 Å². The molecule has 0 radical (unpaired) electrons. The van der Waals surface area contributed by atoms with Crippen molar-refractivity contribution in [1.29, 1.82) is 0 Å². The quantitative estimate of drug-likeness (QED) is 0.156. The van der Waals surface area contributed by atoms with E-state index in [1.54, 1.807) is 0 Å². The van der Waals surface area contributed by atoms with E-state index in [1.165, 1.54) is 5.39 Å². The number of para-hydroxylation sites is 7. The molecule has 11 aromatic carbocycles. The predicted molar refractivity (Wildman–Crippen MR) is 356 cm³/mol. The van der Waals surface area contributed by atoms with Crippen molar-refractivity contribution in [3.8, 4) is 68.2 Å². The van der Waals surface area contributed by atoms with Gasteiger partial charge in [0.05, 0.1) is 44.3 Å². The number of nitrogens with zero attached hydrogens (tertiary/aromatic N) is 11. The van der Waals surface area contributed by atoms with Crippen LogP contribution in [0.25, 0.3) is 178 Å². The largest absolute Gasteiger partial charge is 0.295 e. The van der Waals surface area contributed by atoms with Gasteiger partial charge in [-0.2, -0.15) is 0 Å². The van der Waals surface area contributed by atoms with E-state index in [0.717, 1.165) is 149 Å². The van der Waals surface area contributed by atoms with Crippen molar-refractivity contribution >= 4 is 110 Å². The second kappa shape index (κ2) is 18.6. The smallest absolute Gasteiger partial charge is 0.236 e. The number of aromatic nitrogens is 11. The molecule has 0 aliphatic heterocycles. The second-order valence-corrected chi connectivity index (χ2v) is 22.5. The van der Waals surface area contributed by atoms with E-state index in [4.69, 9.17) is 34.9 Å². The van der Waals surface area contributed by atoms with E-state index in [-0.39, 0.29) is 0 Å². The normalized spacial score (nSPS) is 12.1. The molecule has 0 bridgehead atoms. The molecule has 8 heterocycles. The van der Waals surface area contributed by atoms with Gasteiger partial charge in [0.2, 0.25) is 5.95 Å². The minimum atomic E-state index is 0.562. The van der Waals surface area contributed by atoms with Crippen molar-refractivity contribution in [2.45, 2.75) is 0 Å². The van der Waals surface area contributed by atoms with Crippen molar-refractivity contribution in [1.82, 2.24) is 52.8 Å². The zero-order chi connectivity index (χ0) is 57.6. The van der Waals surface area contributed by atoms with Crippen molar-refractivity contribution in [2.75, 3.05) is 0 Å². The average molecular weight is 1120 g/mol. The first-order valence-corrected chi connectivity index (χ1v) is 29.5. The highest BCUT2D eigenvalue weighted by Crippen LogP contribution is 2.44. The Morgan fingerprint density at radius 2 is 0.693 bits per heavy atom. The summed E-state index contributed by atoms with van der Waals surface area (Å²) >= 11 is 0. The highest BCUT2D eigenvalue weighted by Gasteiger charge is 2.26. The molecule has 0 atom stereocenters. The molecule has 8 aromatic heterocycles. The monoisotopic (exact) mass is 1120 g/mol. The maximum absolute atomic E-state index is 5.48. The Bertz CT molecular complexity index is 6140. The van der Waals surface area contributed by atoms with Crippen molar-refractivity contribution in [3.05, 3.63) is 273 Å². The number of rotatable bonds is 7. The van der Waals surface area contributed by atoms with E-state index in [9.17, 15) is 0 Å². The van der Waals surface area contributed by atoms with Crippen LogP contribution in [-0.2, 0) is 0 Å². The van der Waals surface area contributed by atoms with E-state index in [1.807, 2.05) is 30.3 Å². The molecule has 0 aliphatic rings. The fourth-order valence-electron chi connectivity index (χ4n) is 13.7. The van der Waals surface area contributed by atoms with Gasteiger partial charge in [-0.1, -0.05) is 200 Å². The highest BCUT2D eigenvalue weighted by atomic mass is 15.2. The van der Waals surface area contributed by atoms with E-state index in [0.29, 0.717) is 23.4 Å². The summed E-state index contributed by atoms with van der Waals surface area (Å²) in [7, 11) is 0. The van der Waals surface area contributed by atoms with Gasteiger partial charge in [0, 0.05) is 65.6 Å². The van der Waals surface area contributed by atoms with Crippen molar-refractivity contribution in [3.63, 3.8) is 0 Å². The molecule has 0 fully saturated rings. The van der Waals surface area contributed by atoms with Crippen LogP contribution in [0.1, 0.15) is 0 Å². The van der Waals surface area contributed by atoms with Crippen LogP contribution < -0.4 is 0 Å². The average Bonchev–Trinajstić information content (AvgIpc) is 1.57. The maximum Gasteiger partial charge on any atom is 0.236 e. The van der Waals surface area contributed by atoms with Crippen LogP contribution in [0, 0.1) is 0 Å². The number of hydrogen-bond donors (Lipinski definition) is 0. The lowest BCUT2D eigenvalue weighted by atomic mass is 9.98. The predicted octanol–water partition coefficient (Wildman–Crippen LogP) is 18.3. The van der Waals surface area contributed by atoms with Crippen LogP contribution in [0.3, 0.4) is 0 Å². The molecular formula is C77H45N11. The zero-order valence-corrected chi connectivity index (χ0v) is 46.9. The summed E-state index contributed by atoms with van der Waals surface area (Å²) in [6.07, 6.45) is 0. The summed E-state index contributed by atoms with van der Waals surface area (Å²) in [5.41, 5.74) is 18.1. The van der Waals surface area contributed by atoms with Crippen LogP contribution in [-0.4, -0.2) is 52.8 Å². The first-order chi connectivity index (χ1) is 43.6. The minimum absolute atomic E-state index is 0.562. The fourth-order valence-corrected chi connectivity index (χ4v) is 13.7. The number of pyridine rings is 2. The van der Waals surface area contributed by atoms with Crippen LogP contribution in [0.5, 0.6) is 0 Å². The molecule has 11 nitrogen and oxygen atoms in total. The number of benzene rings is 11. The van der Waals surface area contributed by atoms with Gasteiger partial charge in [-0.15, -0.1) is 0 Å². The molecular weight excluding hydrogens is 1080 g/mol. The molecule has 408 valence electrons. The Morgan fingerprint density at radius 3 is 1.36 bits per heavy atom. The van der Waals surface area contributed by atoms with E-state index >= 15 is 0 Å². The first kappa shape index (κ1) is 48.2. The molecule has 0 saturated carbocycles. The molecule has 0 saturated heterocycles. The number of imidazole rings is 2. The molecule has 0 spiro atoms. The molecule has 0 aliphatic carbocycles. The molecule has 11 heteroatoms. The molecule has 19 aromatic rings. The van der Waals surface area contributed by atoms with Gasteiger partial charge in [-0.3, -0.25) is 17.9 Å². The summed E-state index contributed by atoms with van der Waals surface area (Å²) in [5, 5.41) is 9.83. The van der Waals surface area contributed by atoms with Gasteiger partial charge < -0.3 is 0 Å². The van der Waals surface area contributed by atoms with Crippen molar-refractivity contribution < 1.29 is 0 Å². The maximum atomic E-state index is 5.48. The Morgan fingerprint density at radius 1 is 0.239 bits per heavy atom. The van der Waals surface area contributed by atoms with Gasteiger partial charge >= 0.3 is 0 Å². The van der Waals surface area contributed by atoms with Gasteiger partial charge in [0.1, 0.15) is 22.6 Å². The van der Waals surface area contributed by atoms with E-state index < -0.39 is 0 Å². The topological polar surface area (TPSA) is 109 Å². The zero-order valence-electron chi connectivity index (χ0n) is 46.9. The summed E-state index contributed by atoms with van der Waals surface area (Å²) in [5.74, 6) is 2.29. The first-order valence-electron chi connectivity index (χ1n) is 29.5. The van der Waals surface area contributed by atoms with Crippen LogP contribution in [0.2, 0.25) is 0 Å². The molecule has 19 rings (SSSR count). The molecule has 0 amide bonds. The van der Waals surface area contributed by atoms with Crippen molar-refractivity contribution in [2.24, 2.45) is 0 Å². The number of fused-ring (bicyclic) bond motifs is 21. The third kappa shape index (κ3) is 7.09. The van der Waals surface area contributed by atoms with E-state index in [2.05, 4.69) is 261 Å². The fraction of sp³-hybridized carbons (Fsp3) is 0. The van der Waals surface area contributed by atoms with Gasteiger partial charge in [0.25, 0.3) is 0 Å². The third-order valence-corrected chi connectivity index (χ3v) is 17.5. The van der Waals surface area contributed by atoms with Crippen LogP contribution in [0.4, 0.5) is 0 Å². The van der Waals surface area contributed by atoms with Gasteiger partial charge in [-0.05, 0) is 94.7 Å². The Kier molecular flexibility index (Phi) is 10.2. The third-order valence-electron chi connectivity index (χ3n) is 17.5. The number of hydrogen-bond acceptors (Lipinski definition) is 7. The van der Waals surface area contributed by atoms with Crippen LogP contribution in [0.15, 0.2) is 273 Å². The standard InChI is InChI=1S/C77H45N11/c1-3-21-46(22-4-1)69-56-31-9-12-34-60(56)80-77(81-69)88-64-38-16-11-33-58(64)68-59-45-49(41-42-55(59)74-79-62-36-14-18-40-66(62)87(74)76(68)88)48-25-19-26-50(43-48)71-82-70(47-23-5-2-6-24-47)83-72(84-71)51-27-20-28-52(44-51)85-63-37-15-10-32-57(63)67-53-29-7-8-30-54(53)73-78-61-35-13-17-39-65(61)86(73)75(67)85/h1-45H. The SMILES string of the molecule is c1ccc(-c2nc(-c3cccc(-c4ccc5c(c4)c4c6ccccc6n(-c6nc(-c7ccccc7)c7ccccc7n6)c4n4c6ccccc6nc54)c3)nc(-c3cccc(-n4c5ccccc5c5c6ccccc6c6nc7ccccc7n6c54)c3)n2)cc1. The minimum Gasteiger partial charge on any atom is -0.295 e. The lowest BCUT2D eigenvalue weighted by molar-refractivity contribution is 0.991. The summed E-state index contributed by atoms with van der Waals surface area (Å²) < 4.78 is 9.25. The molecule has 88 heavy (non-hydrogen) atoms. The lowest BCUT2D eigenvalue weighted by Gasteiger charge is -2.14. The highest BCUT2D eigenvalue weighted by molar-refractivity contribution is 6.26. The second-order valence-electron chi connectivity index (χ2n) is 22.5. The summed E-state index contributed by atoms with van der Waals surface area (Å²) in [6, 6.07) is 95.5. The van der Waals surface area contributed by atoms with Gasteiger partial charge in [-0.25, -0.2) is 34.9 Å². The Hall–Kier alpha value is -12.2. The molecule has 0 unspecified atom stereocenters. The Balaban J connectivity index is 0.800. The molecule has 0 N–H and O–H groups in total. The van der Waals surface area contributed by atoms with Gasteiger partial charge in [0.15, 0.2) is 17.5 Å². The summed E-state index contributed by atoms with van der Waals surface area (Å²) in [6.45, 7) is 0.